The van der Waals surface area contributed by atoms with Crippen LogP contribution in [-0.4, -0.2) is 72.4 Å². The number of aromatic nitrogens is 1. The first-order valence-corrected chi connectivity index (χ1v) is 8.58. The zero-order valence-electron chi connectivity index (χ0n) is 13.9. The van der Waals surface area contributed by atoms with Crippen molar-refractivity contribution in [3.63, 3.8) is 0 Å². The summed E-state index contributed by atoms with van der Waals surface area (Å²) >= 11 is 0. The van der Waals surface area contributed by atoms with E-state index in [4.69, 9.17) is 5.73 Å². The van der Waals surface area contributed by atoms with E-state index in [-0.39, 0.29) is 24.3 Å². The molecular weight excluding hydrogens is 306 g/mol. The molecule has 0 saturated carbocycles. The Morgan fingerprint density at radius 3 is 2.50 bits per heavy atom. The van der Waals surface area contributed by atoms with E-state index >= 15 is 0 Å². The first kappa shape index (κ1) is 16.7. The van der Waals surface area contributed by atoms with Crippen LogP contribution in [0.3, 0.4) is 0 Å². The highest BCUT2D eigenvalue weighted by Gasteiger charge is 2.31. The van der Waals surface area contributed by atoms with E-state index in [9.17, 15) is 9.59 Å². The van der Waals surface area contributed by atoms with Crippen molar-refractivity contribution in [2.45, 2.75) is 12.8 Å². The second-order valence-corrected chi connectivity index (χ2v) is 6.56. The molecule has 1 aromatic heterocycles. The molecule has 3 rings (SSSR count). The van der Waals surface area contributed by atoms with Crippen molar-refractivity contribution in [1.29, 1.82) is 0 Å². The van der Waals surface area contributed by atoms with Crippen LogP contribution < -0.4 is 10.6 Å². The quantitative estimate of drug-likeness (QED) is 0.835. The second-order valence-electron chi connectivity index (χ2n) is 6.56. The van der Waals surface area contributed by atoms with Gasteiger partial charge < -0.3 is 15.5 Å². The van der Waals surface area contributed by atoms with Crippen LogP contribution in [0.1, 0.15) is 12.8 Å². The topological polar surface area (TPSA) is 82.8 Å². The average molecular weight is 331 g/mol. The third-order valence-electron chi connectivity index (χ3n) is 4.85. The molecule has 2 aliphatic heterocycles. The van der Waals surface area contributed by atoms with Gasteiger partial charge in [0, 0.05) is 50.8 Å². The summed E-state index contributed by atoms with van der Waals surface area (Å²) in [5.74, 6) is -0.113. The lowest BCUT2D eigenvalue weighted by Gasteiger charge is -2.39. The van der Waals surface area contributed by atoms with Gasteiger partial charge in [-0.05, 0) is 31.5 Å². The molecule has 7 nitrogen and oxygen atoms in total. The smallest absolute Gasteiger partial charge is 0.231 e. The molecule has 3 heterocycles. The Hall–Kier alpha value is -2.15. The van der Waals surface area contributed by atoms with Crippen LogP contribution in [0.4, 0.5) is 5.69 Å². The number of nitrogens with two attached hydrogens (primary N) is 1. The fraction of sp³-hybridized carbons (Fsp3) is 0.588. The Bertz CT molecular complexity index is 572. The number of piperazine rings is 1. The lowest BCUT2D eigenvalue weighted by molar-refractivity contribution is -0.138. The molecule has 0 aliphatic carbocycles. The molecule has 1 aromatic rings. The van der Waals surface area contributed by atoms with Gasteiger partial charge >= 0.3 is 0 Å². The fourth-order valence-corrected chi connectivity index (χ4v) is 3.62. The zero-order chi connectivity index (χ0) is 16.9. The van der Waals surface area contributed by atoms with Crippen LogP contribution in [0.15, 0.2) is 24.5 Å². The molecule has 1 unspecified atom stereocenters. The van der Waals surface area contributed by atoms with Crippen molar-refractivity contribution >= 4 is 17.5 Å². The second kappa shape index (κ2) is 7.61. The number of carbonyl (C=O) groups is 2. The van der Waals surface area contributed by atoms with Crippen LogP contribution in [-0.2, 0) is 9.59 Å². The Morgan fingerprint density at radius 2 is 1.83 bits per heavy atom. The lowest BCUT2D eigenvalue weighted by Crippen LogP contribution is -2.53. The van der Waals surface area contributed by atoms with Crippen molar-refractivity contribution in [2.24, 2.45) is 11.7 Å². The maximum atomic E-state index is 12.8. The molecule has 2 N–H and O–H groups in total. The molecule has 2 saturated heterocycles. The van der Waals surface area contributed by atoms with E-state index in [0.717, 1.165) is 51.3 Å². The maximum absolute atomic E-state index is 12.8. The summed E-state index contributed by atoms with van der Waals surface area (Å²) < 4.78 is 0. The van der Waals surface area contributed by atoms with E-state index in [2.05, 4.69) is 9.88 Å². The highest BCUT2D eigenvalue weighted by Crippen LogP contribution is 2.21. The summed E-state index contributed by atoms with van der Waals surface area (Å²) in [5, 5.41) is 0. The normalized spacial score (nSPS) is 22.4. The Kier molecular flexibility index (Phi) is 5.30. The van der Waals surface area contributed by atoms with Gasteiger partial charge in [-0.1, -0.05) is 0 Å². The number of pyridine rings is 1. The first-order valence-electron chi connectivity index (χ1n) is 8.58. The van der Waals surface area contributed by atoms with E-state index in [1.54, 1.807) is 12.4 Å². The number of anilines is 1. The van der Waals surface area contributed by atoms with Gasteiger partial charge in [0.2, 0.25) is 11.8 Å². The molecule has 2 aliphatic rings. The number of primary amides is 1. The number of piperidine rings is 1. The molecule has 2 amide bonds. The molecule has 1 atom stereocenters. The van der Waals surface area contributed by atoms with E-state index in [0.29, 0.717) is 6.54 Å². The molecule has 2 fully saturated rings. The summed E-state index contributed by atoms with van der Waals surface area (Å²) in [5.41, 5.74) is 6.43. The predicted octanol–water partition coefficient (Wildman–Crippen LogP) is -0.0725. The van der Waals surface area contributed by atoms with Crippen LogP contribution in [0.5, 0.6) is 0 Å². The molecular formula is C17H25N5O2. The summed E-state index contributed by atoms with van der Waals surface area (Å²) in [6.07, 6.45) is 5.43. The van der Waals surface area contributed by atoms with E-state index in [1.165, 1.54) is 0 Å². The number of rotatable bonds is 4. The molecule has 0 bridgehead atoms. The molecule has 0 spiro atoms. The van der Waals surface area contributed by atoms with Crippen molar-refractivity contribution < 1.29 is 9.59 Å². The number of likely N-dealkylation sites (tertiary alicyclic amines) is 1. The van der Waals surface area contributed by atoms with Gasteiger partial charge in [0.25, 0.3) is 0 Å². The summed E-state index contributed by atoms with van der Waals surface area (Å²) in [7, 11) is 0. The van der Waals surface area contributed by atoms with E-state index < -0.39 is 0 Å². The van der Waals surface area contributed by atoms with Gasteiger partial charge in [-0.2, -0.15) is 0 Å². The summed E-state index contributed by atoms with van der Waals surface area (Å²) in [6, 6.07) is 4.00. The molecule has 0 aromatic carbocycles. The van der Waals surface area contributed by atoms with Crippen molar-refractivity contribution in [3.8, 4) is 0 Å². The van der Waals surface area contributed by atoms with Gasteiger partial charge in [-0.25, -0.2) is 0 Å². The number of amides is 2. The first-order chi connectivity index (χ1) is 11.6. The standard InChI is InChI=1S/C17H25N5O2/c18-16(23)13-20-7-1-2-14(12-20)17(24)22-10-8-21(9-11-22)15-3-5-19-6-4-15/h3-6,14H,1-2,7-13H2,(H2,18,23). The van der Waals surface area contributed by atoms with Crippen LogP contribution >= 0.6 is 0 Å². The van der Waals surface area contributed by atoms with Crippen LogP contribution in [0.2, 0.25) is 0 Å². The fourth-order valence-electron chi connectivity index (χ4n) is 3.62. The number of nitrogens with zero attached hydrogens (tertiary/aromatic N) is 4. The molecule has 130 valence electrons. The Morgan fingerprint density at radius 1 is 1.12 bits per heavy atom. The van der Waals surface area contributed by atoms with Gasteiger partial charge in [0.1, 0.15) is 0 Å². The van der Waals surface area contributed by atoms with Crippen molar-refractivity contribution in [1.82, 2.24) is 14.8 Å². The monoisotopic (exact) mass is 331 g/mol. The van der Waals surface area contributed by atoms with Gasteiger partial charge in [-0.15, -0.1) is 0 Å². The molecule has 7 heteroatoms. The van der Waals surface area contributed by atoms with Gasteiger partial charge in [0.05, 0.1) is 12.5 Å². The third kappa shape index (κ3) is 4.03. The SMILES string of the molecule is NC(=O)CN1CCCC(C(=O)N2CCN(c3ccncc3)CC2)C1. The summed E-state index contributed by atoms with van der Waals surface area (Å²) in [6.45, 7) is 4.91. The minimum absolute atomic E-state index is 0.00873. The number of hydrogen-bond donors (Lipinski definition) is 1. The molecule has 24 heavy (non-hydrogen) atoms. The minimum atomic E-state index is -0.325. The minimum Gasteiger partial charge on any atom is -0.369 e. The number of hydrogen-bond acceptors (Lipinski definition) is 5. The Balaban J connectivity index is 1.52. The highest BCUT2D eigenvalue weighted by molar-refractivity contribution is 5.80. The van der Waals surface area contributed by atoms with Gasteiger partial charge in [-0.3, -0.25) is 19.5 Å². The zero-order valence-corrected chi connectivity index (χ0v) is 13.9. The lowest BCUT2D eigenvalue weighted by atomic mass is 9.96. The van der Waals surface area contributed by atoms with E-state index in [1.807, 2.05) is 21.9 Å². The van der Waals surface area contributed by atoms with Crippen molar-refractivity contribution in [2.75, 3.05) is 50.7 Å². The van der Waals surface area contributed by atoms with Crippen molar-refractivity contribution in [3.05, 3.63) is 24.5 Å². The Labute approximate surface area is 142 Å². The highest BCUT2D eigenvalue weighted by atomic mass is 16.2. The van der Waals surface area contributed by atoms with Gasteiger partial charge in [0.15, 0.2) is 0 Å². The third-order valence-corrected chi connectivity index (χ3v) is 4.85. The number of carbonyl (C=O) groups excluding carboxylic acids is 2. The predicted molar refractivity (Wildman–Crippen MR) is 91.4 cm³/mol. The average Bonchev–Trinajstić information content (AvgIpc) is 2.62. The summed E-state index contributed by atoms with van der Waals surface area (Å²) in [4.78, 5) is 34.2. The largest absolute Gasteiger partial charge is 0.369 e. The maximum Gasteiger partial charge on any atom is 0.231 e. The molecule has 0 radical (unpaired) electrons. The van der Waals surface area contributed by atoms with Crippen LogP contribution in [0, 0.1) is 5.92 Å². The van der Waals surface area contributed by atoms with Crippen LogP contribution in [0.25, 0.3) is 0 Å².